The summed E-state index contributed by atoms with van der Waals surface area (Å²) in [6, 6.07) is 7.97. The topological polar surface area (TPSA) is 61.8 Å². The Bertz CT molecular complexity index is 442. The van der Waals surface area contributed by atoms with Gasteiger partial charge >= 0.3 is 0 Å². The third-order valence-corrected chi connectivity index (χ3v) is 3.92. The monoisotopic (exact) mass is 243 g/mol. The van der Waals surface area contributed by atoms with Gasteiger partial charge in [0.25, 0.3) is 0 Å². The van der Waals surface area contributed by atoms with Gasteiger partial charge < -0.3 is 11.1 Å². The number of nitrogens with two attached hydrogens (primary N) is 1. The summed E-state index contributed by atoms with van der Waals surface area (Å²) >= 11 is 0. The Morgan fingerprint density at radius 3 is 2.72 bits per heavy atom. The van der Waals surface area contributed by atoms with E-state index in [1.165, 1.54) is 32.1 Å². The summed E-state index contributed by atoms with van der Waals surface area (Å²) in [4.78, 5) is 0. The average Bonchev–Trinajstić information content (AvgIpc) is 2.42. The molecule has 3 N–H and O–H groups in total. The number of anilines is 2. The lowest BCUT2D eigenvalue weighted by atomic mass is 9.84. The average molecular weight is 243 g/mol. The molecule has 1 aromatic carbocycles. The molecule has 1 unspecified atom stereocenters. The lowest BCUT2D eigenvalue weighted by Gasteiger charge is -2.29. The lowest BCUT2D eigenvalue weighted by Crippen LogP contribution is -2.28. The number of hydrogen-bond donors (Lipinski definition) is 2. The maximum Gasteiger partial charge on any atom is 0.0992 e. The largest absolute Gasteiger partial charge is 0.397 e. The number of rotatable bonds is 3. The molecule has 3 nitrogen and oxygen atoms in total. The van der Waals surface area contributed by atoms with E-state index in [0.29, 0.717) is 11.6 Å². The van der Waals surface area contributed by atoms with Crippen molar-refractivity contribution in [3.05, 3.63) is 23.8 Å². The molecule has 0 heterocycles. The first kappa shape index (κ1) is 12.8. The molecule has 0 radical (unpaired) electrons. The van der Waals surface area contributed by atoms with Crippen LogP contribution < -0.4 is 11.1 Å². The van der Waals surface area contributed by atoms with Gasteiger partial charge in [0, 0.05) is 6.04 Å². The van der Waals surface area contributed by atoms with Gasteiger partial charge in [-0.1, -0.05) is 19.3 Å². The number of nitrogens with one attached hydrogen (secondary N) is 1. The van der Waals surface area contributed by atoms with Crippen LogP contribution in [0.3, 0.4) is 0 Å². The Labute approximate surface area is 109 Å². The predicted molar refractivity (Wildman–Crippen MR) is 75.2 cm³/mol. The van der Waals surface area contributed by atoms with Crippen LogP contribution in [0, 0.1) is 17.2 Å². The molecule has 1 aliphatic rings. The van der Waals surface area contributed by atoms with E-state index in [9.17, 15) is 0 Å². The standard InChI is InChI=1S/C15H21N3/c1-11(13-5-3-2-4-6-13)18-15-9-12(10-16)7-8-14(15)17/h7-9,11,13,18H,2-6,17H2,1H3. The maximum atomic E-state index is 8.92. The zero-order valence-corrected chi connectivity index (χ0v) is 10.9. The normalized spacial score (nSPS) is 18.0. The van der Waals surface area contributed by atoms with Crippen LogP contribution in [0.2, 0.25) is 0 Å². The first-order valence-electron chi connectivity index (χ1n) is 6.77. The van der Waals surface area contributed by atoms with E-state index in [4.69, 9.17) is 11.0 Å². The SMILES string of the molecule is CC(Nc1cc(C#N)ccc1N)C1CCCCC1. The molecular weight excluding hydrogens is 222 g/mol. The van der Waals surface area contributed by atoms with E-state index in [1.807, 2.05) is 6.07 Å². The van der Waals surface area contributed by atoms with Gasteiger partial charge in [0.15, 0.2) is 0 Å². The second-order valence-corrected chi connectivity index (χ2v) is 5.24. The number of nitrogens with zero attached hydrogens (tertiary/aromatic N) is 1. The zero-order valence-electron chi connectivity index (χ0n) is 10.9. The van der Waals surface area contributed by atoms with Gasteiger partial charge in [0.05, 0.1) is 23.0 Å². The van der Waals surface area contributed by atoms with Crippen LogP contribution in [0.4, 0.5) is 11.4 Å². The van der Waals surface area contributed by atoms with Crippen LogP contribution in [-0.2, 0) is 0 Å². The van der Waals surface area contributed by atoms with Crippen LogP contribution in [-0.4, -0.2) is 6.04 Å². The van der Waals surface area contributed by atoms with Crippen LogP contribution >= 0.6 is 0 Å². The van der Waals surface area contributed by atoms with Crippen molar-refractivity contribution in [1.29, 1.82) is 5.26 Å². The summed E-state index contributed by atoms with van der Waals surface area (Å²) in [6.07, 6.45) is 6.64. The minimum atomic E-state index is 0.418. The van der Waals surface area contributed by atoms with Gasteiger partial charge in [-0.15, -0.1) is 0 Å². The third kappa shape index (κ3) is 2.95. The lowest BCUT2D eigenvalue weighted by molar-refractivity contribution is 0.328. The maximum absolute atomic E-state index is 8.92. The Balaban J connectivity index is 2.06. The van der Waals surface area contributed by atoms with E-state index in [-0.39, 0.29) is 0 Å². The molecule has 96 valence electrons. The van der Waals surface area contributed by atoms with Gasteiger partial charge in [0.2, 0.25) is 0 Å². The Morgan fingerprint density at radius 2 is 2.06 bits per heavy atom. The minimum Gasteiger partial charge on any atom is -0.397 e. The van der Waals surface area contributed by atoms with Crippen molar-refractivity contribution in [2.24, 2.45) is 5.92 Å². The van der Waals surface area contributed by atoms with E-state index in [0.717, 1.165) is 17.3 Å². The summed E-state index contributed by atoms with van der Waals surface area (Å²) < 4.78 is 0. The fourth-order valence-corrected chi connectivity index (χ4v) is 2.75. The van der Waals surface area contributed by atoms with Crippen LogP contribution in [0.5, 0.6) is 0 Å². The number of benzene rings is 1. The molecule has 1 atom stereocenters. The molecule has 2 rings (SSSR count). The van der Waals surface area contributed by atoms with Crippen LogP contribution in [0.25, 0.3) is 0 Å². The fraction of sp³-hybridized carbons (Fsp3) is 0.533. The Morgan fingerprint density at radius 1 is 1.33 bits per heavy atom. The highest BCUT2D eigenvalue weighted by atomic mass is 14.9. The molecule has 18 heavy (non-hydrogen) atoms. The molecule has 0 bridgehead atoms. The van der Waals surface area contributed by atoms with Crippen molar-refractivity contribution in [3.8, 4) is 6.07 Å². The molecule has 0 aromatic heterocycles. The molecule has 1 saturated carbocycles. The molecule has 3 heteroatoms. The molecule has 0 aliphatic heterocycles. The smallest absolute Gasteiger partial charge is 0.0992 e. The van der Waals surface area contributed by atoms with Crippen molar-refractivity contribution in [1.82, 2.24) is 0 Å². The Hall–Kier alpha value is -1.69. The highest BCUT2D eigenvalue weighted by molar-refractivity contribution is 5.68. The van der Waals surface area contributed by atoms with Crippen LogP contribution in [0.1, 0.15) is 44.6 Å². The fourth-order valence-electron chi connectivity index (χ4n) is 2.75. The van der Waals surface area contributed by atoms with E-state index in [1.54, 1.807) is 12.1 Å². The second-order valence-electron chi connectivity index (χ2n) is 5.24. The summed E-state index contributed by atoms with van der Waals surface area (Å²) in [7, 11) is 0. The zero-order chi connectivity index (χ0) is 13.0. The number of nitriles is 1. The predicted octanol–water partition coefficient (Wildman–Crippen LogP) is 3.52. The molecular formula is C15H21N3. The first-order valence-corrected chi connectivity index (χ1v) is 6.77. The number of hydrogen-bond acceptors (Lipinski definition) is 3. The van der Waals surface area contributed by atoms with Gasteiger partial charge in [-0.3, -0.25) is 0 Å². The summed E-state index contributed by atoms with van der Waals surface area (Å²) in [5, 5.41) is 12.4. The van der Waals surface area contributed by atoms with Crippen LogP contribution in [0.15, 0.2) is 18.2 Å². The van der Waals surface area contributed by atoms with Crippen molar-refractivity contribution in [2.75, 3.05) is 11.1 Å². The molecule has 1 fully saturated rings. The van der Waals surface area contributed by atoms with Crippen molar-refractivity contribution < 1.29 is 0 Å². The molecule has 1 aliphatic carbocycles. The first-order chi connectivity index (χ1) is 8.70. The summed E-state index contributed by atoms with van der Waals surface area (Å²) in [5.41, 5.74) is 8.22. The van der Waals surface area contributed by atoms with Gasteiger partial charge in [-0.05, 0) is 43.9 Å². The van der Waals surface area contributed by atoms with Gasteiger partial charge in [0.1, 0.15) is 0 Å². The Kier molecular flexibility index (Phi) is 4.09. The second kappa shape index (κ2) is 5.77. The molecule has 0 amide bonds. The molecule has 0 saturated heterocycles. The third-order valence-electron chi connectivity index (χ3n) is 3.92. The van der Waals surface area contributed by atoms with Gasteiger partial charge in [-0.25, -0.2) is 0 Å². The quantitative estimate of drug-likeness (QED) is 0.798. The minimum absolute atomic E-state index is 0.418. The molecule has 1 aromatic rings. The summed E-state index contributed by atoms with van der Waals surface area (Å²) in [6.45, 7) is 2.22. The van der Waals surface area contributed by atoms with Crippen molar-refractivity contribution >= 4 is 11.4 Å². The highest BCUT2D eigenvalue weighted by Gasteiger charge is 2.20. The van der Waals surface area contributed by atoms with E-state index in [2.05, 4.69) is 18.3 Å². The van der Waals surface area contributed by atoms with Gasteiger partial charge in [-0.2, -0.15) is 5.26 Å². The van der Waals surface area contributed by atoms with E-state index < -0.39 is 0 Å². The highest BCUT2D eigenvalue weighted by Crippen LogP contribution is 2.29. The van der Waals surface area contributed by atoms with Crippen molar-refractivity contribution in [2.45, 2.75) is 45.1 Å². The number of nitrogen functional groups attached to an aromatic ring is 1. The summed E-state index contributed by atoms with van der Waals surface area (Å²) in [5.74, 6) is 0.726. The van der Waals surface area contributed by atoms with E-state index >= 15 is 0 Å². The van der Waals surface area contributed by atoms with Crippen molar-refractivity contribution in [3.63, 3.8) is 0 Å². The molecule has 0 spiro atoms.